The number of carbonyl (C=O) groups is 1. The lowest BCUT2D eigenvalue weighted by Crippen LogP contribution is -2.39. The summed E-state index contributed by atoms with van der Waals surface area (Å²) >= 11 is 3.52. The number of aromatic carboxylic acids is 1. The van der Waals surface area contributed by atoms with Crippen molar-refractivity contribution in [1.82, 2.24) is 0 Å². The van der Waals surface area contributed by atoms with E-state index in [1.54, 1.807) is 12.1 Å². The predicted molar refractivity (Wildman–Crippen MR) is 81.0 cm³/mol. The highest BCUT2D eigenvalue weighted by Gasteiger charge is 2.23. The van der Waals surface area contributed by atoms with Crippen LogP contribution in [-0.4, -0.2) is 23.7 Å². The second kappa shape index (κ2) is 6.42. The number of anilines is 1. The summed E-state index contributed by atoms with van der Waals surface area (Å²) < 4.78 is 0.885. The molecule has 2 rings (SSSR count). The van der Waals surface area contributed by atoms with Gasteiger partial charge >= 0.3 is 5.97 Å². The molecule has 0 radical (unpaired) electrons. The highest BCUT2D eigenvalue weighted by molar-refractivity contribution is 9.10. The third-order valence-electron chi connectivity index (χ3n) is 3.75. The molecule has 104 valence electrons. The Hall–Kier alpha value is -1.03. The van der Waals surface area contributed by atoms with Crippen molar-refractivity contribution in [3.05, 3.63) is 28.2 Å². The van der Waals surface area contributed by atoms with E-state index in [9.17, 15) is 4.79 Å². The summed E-state index contributed by atoms with van der Waals surface area (Å²) in [5.74, 6) is -0.879. The molecule has 3 nitrogen and oxygen atoms in total. The summed E-state index contributed by atoms with van der Waals surface area (Å²) in [6, 6.07) is 5.92. The number of hydrogen-bond acceptors (Lipinski definition) is 2. The van der Waals surface area contributed by atoms with E-state index >= 15 is 0 Å². The first kappa shape index (κ1) is 14.4. The minimum Gasteiger partial charge on any atom is -0.478 e. The number of carboxylic acids is 1. The predicted octanol–water partition coefficient (Wildman–Crippen LogP) is 4.31. The van der Waals surface area contributed by atoms with Gasteiger partial charge in [-0.25, -0.2) is 4.79 Å². The summed E-state index contributed by atoms with van der Waals surface area (Å²) in [7, 11) is 0. The van der Waals surface area contributed by atoms with Crippen molar-refractivity contribution in [2.24, 2.45) is 0 Å². The average Bonchev–Trinajstić information content (AvgIpc) is 2.40. The average molecular weight is 326 g/mol. The molecule has 0 aliphatic carbocycles. The maximum atomic E-state index is 11.0. The summed E-state index contributed by atoms with van der Waals surface area (Å²) in [5, 5.41) is 9.01. The van der Waals surface area contributed by atoms with Crippen LogP contribution in [0.25, 0.3) is 0 Å². The fraction of sp³-hybridized carbons (Fsp3) is 0.533. The number of benzene rings is 1. The van der Waals surface area contributed by atoms with Crippen LogP contribution in [0.5, 0.6) is 0 Å². The van der Waals surface area contributed by atoms with Crippen molar-refractivity contribution in [2.45, 2.75) is 45.1 Å². The Labute approximate surface area is 122 Å². The first-order valence-electron chi connectivity index (χ1n) is 6.93. The van der Waals surface area contributed by atoms with Gasteiger partial charge in [0.25, 0.3) is 0 Å². The fourth-order valence-electron chi connectivity index (χ4n) is 2.82. The van der Waals surface area contributed by atoms with Gasteiger partial charge in [0.05, 0.1) is 11.3 Å². The summed E-state index contributed by atoms with van der Waals surface area (Å²) in [4.78, 5) is 13.4. The minimum absolute atomic E-state index is 0.333. The molecular formula is C15H20BrNO2. The van der Waals surface area contributed by atoms with Crippen LogP contribution in [0.1, 0.15) is 49.4 Å². The van der Waals surface area contributed by atoms with Crippen LogP contribution < -0.4 is 4.90 Å². The van der Waals surface area contributed by atoms with Gasteiger partial charge in [-0.3, -0.25) is 0 Å². The van der Waals surface area contributed by atoms with E-state index in [4.69, 9.17) is 5.11 Å². The summed E-state index contributed by atoms with van der Waals surface area (Å²) in [5.41, 5.74) is 1.46. The van der Waals surface area contributed by atoms with E-state index in [2.05, 4.69) is 27.8 Å². The molecule has 0 saturated carbocycles. The normalized spacial score (nSPS) is 19.5. The molecule has 1 aromatic carbocycles. The number of halogens is 1. The molecule has 1 heterocycles. The van der Waals surface area contributed by atoms with E-state index in [0.717, 1.165) is 16.7 Å². The third-order valence-corrected chi connectivity index (χ3v) is 4.39. The molecule has 0 bridgehead atoms. The molecule has 0 amide bonds. The Morgan fingerprint density at radius 3 is 2.89 bits per heavy atom. The van der Waals surface area contributed by atoms with Gasteiger partial charge in [0.2, 0.25) is 0 Å². The molecule has 19 heavy (non-hydrogen) atoms. The second-order valence-electron chi connectivity index (χ2n) is 5.10. The van der Waals surface area contributed by atoms with Gasteiger partial charge in [0, 0.05) is 17.1 Å². The van der Waals surface area contributed by atoms with Crippen LogP contribution in [0.2, 0.25) is 0 Å². The van der Waals surface area contributed by atoms with Crippen molar-refractivity contribution in [3.8, 4) is 0 Å². The van der Waals surface area contributed by atoms with Gasteiger partial charge in [0.15, 0.2) is 0 Å². The first-order chi connectivity index (χ1) is 9.13. The Bertz CT molecular complexity index is 459. The van der Waals surface area contributed by atoms with Crippen LogP contribution in [0.15, 0.2) is 22.7 Å². The standard InChI is InChI=1S/C15H20BrNO2/c1-2-5-12-6-3-4-9-17(12)14-8-7-11(15(18)19)10-13(14)16/h7-8,10,12H,2-6,9H2,1H3,(H,18,19). The number of piperidine rings is 1. The van der Waals surface area contributed by atoms with Crippen molar-refractivity contribution >= 4 is 27.6 Å². The van der Waals surface area contributed by atoms with Crippen LogP contribution in [0.3, 0.4) is 0 Å². The molecule has 1 N–H and O–H groups in total. The van der Waals surface area contributed by atoms with Crippen LogP contribution in [0.4, 0.5) is 5.69 Å². The summed E-state index contributed by atoms with van der Waals surface area (Å²) in [6.07, 6.45) is 6.14. The number of carboxylic acid groups (broad SMARTS) is 1. The third kappa shape index (κ3) is 3.30. The highest BCUT2D eigenvalue weighted by Crippen LogP contribution is 2.33. The molecule has 0 aromatic heterocycles. The van der Waals surface area contributed by atoms with Gasteiger partial charge in [-0.2, -0.15) is 0 Å². The highest BCUT2D eigenvalue weighted by atomic mass is 79.9. The Morgan fingerprint density at radius 2 is 2.26 bits per heavy atom. The lowest BCUT2D eigenvalue weighted by atomic mass is 9.97. The monoisotopic (exact) mass is 325 g/mol. The van der Waals surface area contributed by atoms with E-state index < -0.39 is 5.97 Å². The lowest BCUT2D eigenvalue weighted by molar-refractivity contribution is 0.0697. The second-order valence-corrected chi connectivity index (χ2v) is 5.96. The van der Waals surface area contributed by atoms with Crippen LogP contribution in [-0.2, 0) is 0 Å². The van der Waals surface area contributed by atoms with Gasteiger partial charge < -0.3 is 10.0 Å². The topological polar surface area (TPSA) is 40.5 Å². The molecule has 1 atom stereocenters. The molecule has 4 heteroatoms. The molecule has 1 aromatic rings. The Morgan fingerprint density at radius 1 is 1.47 bits per heavy atom. The van der Waals surface area contributed by atoms with E-state index in [1.807, 2.05) is 6.07 Å². The smallest absolute Gasteiger partial charge is 0.335 e. The maximum Gasteiger partial charge on any atom is 0.335 e. The van der Waals surface area contributed by atoms with Crippen molar-refractivity contribution in [1.29, 1.82) is 0 Å². The Kier molecular flexibility index (Phi) is 4.86. The van der Waals surface area contributed by atoms with Gasteiger partial charge in [0.1, 0.15) is 0 Å². The zero-order valence-electron chi connectivity index (χ0n) is 11.2. The van der Waals surface area contributed by atoms with Gasteiger partial charge in [-0.15, -0.1) is 0 Å². The van der Waals surface area contributed by atoms with Gasteiger partial charge in [-0.05, 0) is 59.8 Å². The molecule has 1 aliphatic heterocycles. The van der Waals surface area contributed by atoms with Crippen molar-refractivity contribution in [3.63, 3.8) is 0 Å². The molecular weight excluding hydrogens is 306 g/mol. The summed E-state index contributed by atoms with van der Waals surface area (Å²) in [6.45, 7) is 3.28. The Balaban J connectivity index is 2.26. The fourth-order valence-corrected chi connectivity index (χ4v) is 3.43. The van der Waals surface area contributed by atoms with Crippen molar-refractivity contribution in [2.75, 3.05) is 11.4 Å². The molecule has 1 saturated heterocycles. The number of rotatable bonds is 4. The molecule has 0 spiro atoms. The maximum absolute atomic E-state index is 11.0. The molecule has 1 unspecified atom stereocenters. The van der Waals surface area contributed by atoms with Crippen LogP contribution >= 0.6 is 15.9 Å². The number of hydrogen-bond donors (Lipinski definition) is 1. The van der Waals surface area contributed by atoms with E-state index in [-0.39, 0.29) is 0 Å². The molecule has 1 fully saturated rings. The quantitative estimate of drug-likeness (QED) is 0.896. The van der Waals surface area contributed by atoms with E-state index in [0.29, 0.717) is 11.6 Å². The van der Waals surface area contributed by atoms with Crippen molar-refractivity contribution < 1.29 is 9.90 Å². The van der Waals surface area contributed by atoms with Gasteiger partial charge in [-0.1, -0.05) is 13.3 Å². The van der Waals surface area contributed by atoms with Crippen LogP contribution in [0, 0.1) is 0 Å². The largest absolute Gasteiger partial charge is 0.478 e. The SMILES string of the molecule is CCCC1CCCCN1c1ccc(C(=O)O)cc1Br. The zero-order valence-corrected chi connectivity index (χ0v) is 12.8. The number of nitrogens with zero attached hydrogens (tertiary/aromatic N) is 1. The first-order valence-corrected chi connectivity index (χ1v) is 7.72. The minimum atomic E-state index is -0.879. The lowest BCUT2D eigenvalue weighted by Gasteiger charge is -2.38. The zero-order chi connectivity index (χ0) is 13.8. The van der Waals surface area contributed by atoms with E-state index in [1.165, 1.54) is 32.1 Å². The molecule has 1 aliphatic rings.